The molecule has 1 fully saturated rings. The molecular weight excluding hydrogens is 448 g/mol. The van der Waals surface area contributed by atoms with Crippen LogP contribution in [0, 0.1) is 6.92 Å². The van der Waals surface area contributed by atoms with Crippen molar-refractivity contribution in [1.29, 1.82) is 0 Å². The maximum Gasteiger partial charge on any atom is 0.225 e. The SMILES string of the molecule is Cc1cc(Oc2ccccc2)nc2cc(N(C3(CN(C)C)CCC3)[N+]34C=CN=CC3=CN=C4)ccc12. The molecule has 3 aromatic rings. The number of ether oxygens (including phenoxy) is 1. The Hall–Kier alpha value is -3.81. The van der Waals surface area contributed by atoms with Crippen molar-refractivity contribution >= 4 is 29.1 Å². The van der Waals surface area contributed by atoms with E-state index in [0.29, 0.717) is 10.5 Å². The highest BCUT2D eigenvalue weighted by Gasteiger charge is 2.55. The Morgan fingerprint density at radius 3 is 2.61 bits per heavy atom. The number of aryl methyl sites for hydroxylation is 1. The number of pyridine rings is 1. The fourth-order valence-electron chi connectivity index (χ4n) is 5.69. The van der Waals surface area contributed by atoms with E-state index in [1.165, 1.54) is 6.42 Å². The molecule has 1 aromatic heterocycles. The molecule has 0 radical (unpaired) electrons. The van der Waals surface area contributed by atoms with Crippen LogP contribution in [0.5, 0.6) is 11.6 Å². The van der Waals surface area contributed by atoms with Gasteiger partial charge in [0.1, 0.15) is 11.3 Å². The molecule has 2 aromatic carbocycles. The van der Waals surface area contributed by atoms with E-state index >= 15 is 0 Å². The summed E-state index contributed by atoms with van der Waals surface area (Å²) in [7, 11) is 4.30. The van der Waals surface area contributed by atoms with Gasteiger partial charge in [-0.1, -0.05) is 24.3 Å². The monoisotopic (exact) mass is 479 g/mol. The number of fused-ring (bicyclic) bond motifs is 2. The van der Waals surface area contributed by atoms with Crippen LogP contribution in [-0.2, 0) is 0 Å². The highest BCUT2D eigenvalue weighted by molar-refractivity contribution is 5.87. The molecule has 2 aliphatic heterocycles. The molecule has 0 amide bonds. The maximum absolute atomic E-state index is 6.11. The lowest BCUT2D eigenvalue weighted by atomic mass is 9.75. The summed E-state index contributed by atoms with van der Waals surface area (Å²) in [6, 6.07) is 18.4. The van der Waals surface area contributed by atoms with Crippen molar-refractivity contribution in [2.45, 2.75) is 31.7 Å². The summed E-state index contributed by atoms with van der Waals surface area (Å²) < 4.78 is 6.51. The van der Waals surface area contributed by atoms with Gasteiger partial charge in [0.25, 0.3) is 0 Å². The van der Waals surface area contributed by atoms with Crippen LogP contribution >= 0.6 is 0 Å². The number of aromatic nitrogens is 1. The predicted molar refractivity (Wildman–Crippen MR) is 145 cm³/mol. The van der Waals surface area contributed by atoms with Gasteiger partial charge >= 0.3 is 0 Å². The van der Waals surface area contributed by atoms with E-state index in [1.54, 1.807) is 0 Å². The number of anilines is 1. The number of rotatable bonds is 7. The quantitative estimate of drug-likeness (QED) is 0.402. The molecule has 182 valence electrons. The number of allylic oxidation sites excluding steroid dienone is 1. The second-order valence-electron chi connectivity index (χ2n) is 10.2. The molecule has 36 heavy (non-hydrogen) atoms. The van der Waals surface area contributed by atoms with Gasteiger partial charge in [0.2, 0.25) is 17.9 Å². The zero-order chi connectivity index (χ0) is 24.8. The first-order valence-corrected chi connectivity index (χ1v) is 12.4. The van der Waals surface area contributed by atoms with Crippen molar-refractivity contribution in [3.8, 4) is 11.6 Å². The van der Waals surface area contributed by atoms with Gasteiger partial charge in [-0.25, -0.2) is 15.0 Å². The highest BCUT2D eigenvalue weighted by Crippen LogP contribution is 2.47. The number of hydrogen-bond donors (Lipinski definition) is 0. The predicted octanol–water partition coefficient (Wildman–Crippen LogP) is 5.80. The summed E-state index contributed by atoms with van der Waals surface area (Å²) in [6.07, 6.45) is 13.3. The lowest BCUT2D eigenvalue weighted by Gasteiger charge is -2.55. The van der Waals surface area contributed by atoms with Crippen LogP contribution in [0.25, 0.3) is 10.9 Å². The molecule has 3 heterocycles. The molecule has 0 N–H and O–H groups in total. The van der Waals surface area contributed by atoms with Gasteiger partial charge in [-0.05, 0) is 70.1 Å². The zero-order valence-corrected chi connectivity index (χ0v) is 21.0. The molecule has 6 rings (SSSR count). The fraction of sp³-hybridized carbons (Fsp3) is 0.276. The number of nitrogens with zero attached hydrogens (tertiary/aromatic N) is 6. The molecule has 1 atom stereocenters. The van der Waals surface area contributed by atoms with E-state index in [-0.39, 0.29) is 5.54 Å². The Bertz CT molecular complexity index is 1420. The zero-order valence-electron chi connectivity index (χ0n) is 21.0. The molecule has 7 nitrogen and oxygen atoms in total. The topological polar surface area (TPSA) is 53.3 Å². The Labute approximate surface area is 211 Å². The van der Waals surface area contributed by atoms with Crippen molar-refractivity contribution in [2.24, 2.45) is 9.98 Å². The molecule has 1 aliphatic carbocycles. The smallest absolute Gasteiger partial charge is 0.225 e. The Balaban J connectivity index is 1.49. The summed E-state index contributed by atoms with van der Waals surface area (Å²) in [5.74, 6) is 1.38. The third-order valence-electron chi connectivity index (χ3n) is 7.31. The summed E-state index contributed by atoms with van der Waals surface area (Å²) in [4.78, 5) is 16.2. The van der Waals surface area contributed by atoms with Crippen LogP contribution in [0.2, 0.25) is 0 Å². The largest absolute Gasteiger partial charge is 0.439 e. The number of likely N-dealkylation sites (N-methyl/N-ethyl adjacent to an activating group) is 1. The van der Waals surface area contributed by atoms with Crippen molar-refractivity contribution in [1.82, 2.24) is 9.88 Å². The van der Waals surface area contributed by atoms with E-state index in [9.17, 15) is 0 Å². The maximum atomic E-state index is 6.11. The molecule has 3 aliphatic rings. The minimum Gasteiger partial charge on any atom is -0.439 e. The van der Waals surface area contributed by atoms with Gasteiger partial charge in [0, 0.05) is 18.0 Å². The van der Waals surface area contributed by atoms with Crippen molar-refractivity contribution < 1.29 is 9.33 Å². The van der Waals surface area contributed by atoms with Gasteiger partial charge in [-0.15, -0.1) is 4.59 Å². The van der Waals surface area contributed by atoms with Crippen LogP contribution in [0.15, 0.2) is 88.9 Å². The first-order chi connectivity index (χ1) is 17.5. The first kappa shape index (κ1) is 22.6. The molecule has 1 unspecified atom stereocenters. The van der Waals surface area contributed by atoms with E-state index in [0.717, 1.165) is 53.0 Å². The minimum absolute atomic E-state index is 0.0463. The average molecular weight is 480 g/mol. The number of hydrogen-bond acceptors (Lipinski definition) is 6. The van der Waals surface area contributed by atoms with Gasteiger partial charge in [-0.2, -0.15) is 0 Å². The number of benzene rings is 2. The third kappa shape index (κ3) is 3.72. The second-order valence-corrected chi connectivity index (χ2v) is 10.2. The molecule has 0 saturated heterocycles. The molecule has 0 bridgehead atoms. The fourth-order valence-corrected chi connectivity index (χ4v) is 5.69. The molecular formula is C29H31N6O+. The Morgan fingerprint density at radius 2 is 1.86 bits per heavy atom. The first-order valence-electron chi connectivity index (χ1n) is 12.4. The van der Waals surface area contributed by atoms with Gasteiger partial charge in [0.15, 0.2) is 6.20 Å². The van der Waals surface area contributed by atoms with Crippen molar-refractivity contribution in [3.63, 3.8) is 0 Å². The second kappa shape index (κ2) is 8.69. The van der Waals surface area contributed by atoms with Crippen molar-refractivity contribution in [2.75, 3.05) is 25.6 Å². The number of aliphatic imine (C=N–C) groups is 2. The van der Waals surface area contributed by atoms with Crippen LogP contribution in [-0.4, -0.2) is 53.2 Å². The van der Waals surface area contributed by atoms with Crippen molar-refractivity contribution in [3.05, 3.63) is 84.5 Å². The lowest BCUT2D eigenvalue weighted by molar-refractivity contribution is -0.751. The normalized spacial score (nSPS) is 21.4. The van der Waals surface area contributed by atoms with Crippen LogP contribution in [0.3, 0.4) is 0 Å². The lowest BCUT2D eigenvalue weighted by Crippen LogP contribution is -2.70. The van der Waals surface area contributed by atoms with E-state index in [1.807, 2.05) is 61.4 Å². The summed E-state index contributed by atoms with van der Waals surface area (Å²) >= 11 is 0. The minimum atomic E-state index is -0.0463. The van der Waals surface area contributed by atoms with Gasteiger partial charge in [-0.3, -0.25) is 4.99 Å². The summed E-state index contributed by atoms with van der Waals surface area (Å²) in [6.45, 7) is 3.05. The summed E-state index contributed by atoms with van der Waals surface area (Å²) in [5, 5.41) is 3.64. The van der Waals surface area contributed by atoms with Crippen LogP contribution in [0.1, 0.15) is 24.8 Å². The van der Waals surface area contributed by atoms with Gasteiger partial charge < -0.3 is 9.64 Å². The van der Waals surface area contributed by atoms with E-state index in [2.05, 4.69) is 65.3 Å². The molecule has 0 spiro atoms. The Morgan fingerprint density at radius 1 is 1.03 bits per heavy atom. The standard InChI is InChI=1S/C29H31N6O/c1-22-16-28(36-25-8-5-4-6-9-25)32-27-17-23(10-11-26(22)27)34(29(12-7-13-29)20-33(2)3)35-15-14-30-18-24(35)19-31-21-35/h4-6,8-11,14-19,21H,7,12-13,20H2,1-3H3/q+1. The highest BCUT2D eigenvalue weighted by atomic mass is 16.5. The molecule has 7 heteroatoms. The summed E-state index contributed by atoms with van der Waals surface area (Å²) in [5.41, 5.74) is 4.14. The van der Waals surface area contributed by atoms with E-state index in [4.69, 9.17) is 9.72 Å². The number of quaternary nitrogens is 1. The van der Waals surface area contributed by atoms with E-state index < -0.39 is 0 Å². The van der Waals surface area contributed by atoms with Crippen LogP contribution < -0.4 is 9.75 Å². The number of para-hydroxylation sites is 1. The molecule has 1 saturated carbocycles. The third-order valence-corrected chi connectivity index (χ3v) is 7.31. The van der Waals surface area contributed by atoms with Gasteiger partial charge in [0.05, 0.1) is 29.8 Å². The average Bonchev–Trinajstić information content (AvgIpc) is 3.27. The Kier molecular flexibility index (Phi) is 5.47. The van der Waals surface area contributed by atoms with Crippen LogP contribution in [0.4, 0.5) is 5.69 Å².